The van der Waals surface area contributed by atoms with Crippen molar-refractivity contribution in [3.05, 3.63) is 59.4 Å². The van der Waals surface area contributed by atoms with Gasteiger partial charge in [-0.3, -0.25) is 4.79 Å². The molecule has 0 saturated carbocycles. The van der Waals surface area contributed by atoms with Gasteiger partial charge in [0.15, 0.2) is 5.78 Å². The van der Waals surface area contributed by atoms with E-state index in [-0.39, 0.29) is 11.6 Å². The van der Waals surface area contributed by atoms with Gasteiger partial charge in [-0.2, -0.15) is 5.26 Å². The number of nitrogens with zero attached hydrogens (tertiary/aromatic N) is 1. The minimum atomic E-state index is -0.304. The molecule has 19 heavy (non-hydrogen) atoms. The van der Waals surface area contributed by atoms with Gasteiger partial charge in [-0.05, 0) is 49.4 Å². The maximum Gasteiger partial charge on any atom is 0.160 e. The van der Waals surface area contributed by atoms with Gasteiger partial charge in [-0.25, -0.2) is 4.39 Å². The first-order valence-electron chi connectivity index (χ1n) is 5.58. The maximum atomic E-state index is 12.8. The molecule has 0 aromatic heterocycles. The molecule has 0 aliphatic heterocycles. The maximum absolute atomic E-state index is 12.8. The van der Waals surface area contributed by atoms with E-state index in [0.717, 1.165) is 4.90 Å². The van der Waals surface area contributed by atoms with Crippen molar-refractivity contribution < 1.29 is 9.18 Å². The molecule has 0 N–H and O–H groups in total. The van der Waals surface area contributed by atoms with E-state index in [2.05, 4.69) is 0 Å². The summed E-state index contributed by atoms with van der Waals surface area (Å²) in [7, 11) is 0. The monoisotopic (exact) mass is 271 g/mol. The van der Waals surface area contributed by atoms with E-state index in [4.69, 9.17) is 5.26 Å². The highest BCUT2D eigenvalue weighted by Gasteiger charge is 2.10. The summed E-state index contributed by atoms with van der Waals surface area (Å²) in [5.41, 5.74) is 1.06. The van der Waals surface area contributed by atoms with E-state index >= 15 is 0 Å². The van der Waals surface area contributed by atoms with Crippen molar-refractivity contribution in [2.45, 2.75) is 16.7 Å². The SMILES string of the molecule is CC(=O)c1ccc(C#N)cc1Sc1ccc(F)cc1. The van der Waals surface area contributed by atoms with Crippen molar-refractivity contribution in [3.8, 4) is 6.07 Å². The number of rotatable bonds is 3. The number of nitriles is 1. The lowest BCUT2D eigenvalue weighted by molar-refractivity contribution is 0.101. The summed E-state index contributed by atoms with van der Waals surface area (Å²) in [6, 6.07) is 13.0. The first kappa shape index (κ1) is 13.3. The molecule has 94 valence electrons. The molecule has 2 aromatic rings. The molecule has 2 aromatic carbocycles. The third-order valence-corrected chi connectivity index (χ3v) is 3.60. The topological polar surface area (TPSA) is 40.9 Å². The highest BCUT2D eigenvalue weighted by molar-refractivity contribution is 7.99. The number of halogens is 1. The first-order valence-corrected chi connectivity index (χ1v) is 6.40. The second kappa shape index (κ2) is 5.68. The van der Waals surface area contributed by atoms with Crippen LogP contribution < -0.4 is 0 Å². The molecule has 0 radical (unpaired) electrons. The van der Waals surface area contributed by atoms with Gasteiger partial charge in [-0.1, -0.05) is 11.8 Å². The summed E-state index contributed by atoms with van der Waals surface area (Å²) in [6.45, 7) is 1.48. The summed E-state index contributed by atoms with van der Waals surface area (Å²) < 4.78 is 12.8. The average molecular weight is 271 g/mol. The van der Waals surface area contributed by atoms with Crippen molar-refractivity contribution >= 4 is 17.5 Å². The zero-order valence-corrected chi connectivity index (χ0v) is 11.0. The van der Waals surface area contributed by atoms with E-state index in [9.17, 15) is 9.18 Å². The number of benzene rings is 2. The molecular weight excluding hydrogens is 261 g/mol. The van der Waals surface area contributed by atoms with Gasteiger partial charge >= 0.3 is 0 Å². The van der Waals surface area contributed by atoms with Gasteiger partial charge in [0, 0.05) is 15.4 Å². The average Bonchev–Trinajstić information content (AvgIpc) is 2.41. The molecule has 2 rings (SSSR count). The predicted molar refractivity (Wildman–Crippen MR) is 71.7 cm³/mol. The second-order valence-corrected chi connectivity index (χ2v) is 5.05. The van der Waals surface area contributed by atoms with Crippen molar-refractivity contribution in [3.63, 3.8) is 0 Å². The Morgan fingerprint density at radius 3 is 2.47 bits per heavy atom. The summed E-state index contributed by atoms with van der Waals surface area (Å²) >= 11 is 1.34. The highest BCUT2D eigenvalue weighted by atomic mass is 32.2. The zero-order valence-electron chi connectivity index (χ0n) is 10.2. The lowest BCUT2D eigenvalue weighted by atomic mass is 10.1. The van der Waals surface area contributed by atoms with Crippen LogP contribution in [0.25, 0.3) is 0 Å². The van der Waals surface area contributed by atoms with Crippen LogP contribution in [0.3, 0.4) is 0 Å². The summed E-state index contributed by atoms with van der Waals surface area (Å²) in [4.78, 5) is 13.1. The summed E-state index contributed by atoms with van der Waals surface area (Å²) in [5, 5.41) is 8.90. The fourth-order valence-corrected chi connectivity index (χ4v) is 2.63. The lowest BCUT2D eigenvalue weighted by Crippen LogP contribution is -1.95. The van der Waals surface area contributed by atoms with E-state index in [1.165, 1.54) is 30.8 Å². The minimum Gasteiger partial charge on any atom is -0.294 e. The molecule has 0 heterocycles. The van der Waals surface area contributed by atoms with Gasteiger partial charge in [0.05, 0.1) is 11.6 Å². The van der Waals surface area contributed by atoms with E-state index in [1.807, 2.05) is 6.07 Å². The molecule has 2 nitrogen and oxygen atoms in total. The van der Waals surface area contributed by atoms with Crippen molar-refractivity contribution in [2.75, 3.05) is 0 Å². The summed E-state index contributed by atoms with van der Waals surface area (Å²) in [6.07, 6.45) is 0. The van der Waals surface area contributed by atoms with Crippen LogP contribution in [-0.2, 0) is 0 Å². The second-order valence-electron chi connectivity index (χ2n) is 3.93. The van der Waals surface area contributed by atoms with Gasteiger partial charge in [0.25, 0.3) is 0 Å². The molecule has 0 aliphatic rings. The lowest BCUT2D eigenvalue weighted by Gasteiger charge is -2.07. The van der Waals surface area contributed by atoms with Gasteiger partial charge < -0.3 is 0 Å². The van der Waals surface area contributed by atoms with Gasteiger partial charge in [-0.15, -0.1) is 0 Å². The Morgan fingerprint density at radius 2 is 1.89 bits per heavy atom. The standard InChI is InChI=1S/C15H10FNOS/c1-10(18)14-7-2-11(9-17)8-15(14)19-13-5-3-12(16)4-6-13/h2-8H,1H3. The molecule has 0 fully saturated rings. The zero-order chi connectivity index (χ0) is 13.8. The number of carbonyl (C=O) groups excluding carboxylic acids is 1. The first-order chi connectivity index (χ1) is 9.10. The van der Waals surface area contributed by atoms with Crippen LogP contribution in [0.1, 0.15) is 22.8 Å². The molecule has 0 bridgehead atoms. The number of hydrogen-bond donors (Lipinski definition) is 0. The fraction of sp³-hybridized carbons (Fsp3) is 0.0667. The number of ketones is 1. The minimum absolute atomic E-state index is 0.0610. The molecule has 0 spiro atoms. The van der Waals surface area contributed by atoms with Crippen LogP contribution in [-0.4, -0.2) is 5.78 Å². The third kappa shape index (κ3) is 3.21. The van der Waals surface area contributed by atoms with Crippen LogP contribution in [0.4, 0.5) is 4.39 Å². The Balaban J connectivity index is 2.40. The normalized spacial score (nSPS) is 9.95. The Labute approximate surface area is 114 Å². The molecule has 0 atom stereocenters. The van der Waals surface area contributed by atoms with Crippen molar-refractivity contribution in [2.24, 2.45) is 0 Å². The molecule has 0 aliphatic carbocycles. The van der Waals surface area contributed by atoms with E-state index < -0.39 is 0 Å². The molecule has 4 heteroatoms. The third-order valence-electron chi connectivity index (χ3n) is 2.53. The molecule has 0 unspecified atom stereocenters. The van der Waals surface area contributed by atoms with Gasteiger partial charge in [0.2, 0.25) is 0 Å². The number of Topliss-reactive ketones (excluding diaryl/α,β-unsaturated/α-hetero) is 1. The van der Waals surface area contributed by atoms with Crippen LogP contribution >= 0.6 is 11.8 Å². The Kier molecular flexibility index (Phi) is 3.98. The smallest absolute Gasteiger partial charge is 0.160 e. The highest BCUT2D eigenvalue weighted by Crippen LogP contribution is 2.31. The Hall–Kier alpha value is -2.12. The van der Waals surface area contributed by atoms with Crippen molar-refractivity contribution in [1.29, 1.82) is 5.26 Å². The van der Waals surface area contributed by atoms with Crippen LogP contribution in [0.5, 0.6) is 0 Å². The number of hydrogen-bond acceptors (Lipinski definition) is 3. The largest absolute Gasteiger partial charge is 0.294 e. The van der Waals surface area contributed by atoms with E-state index in [1.54, 1.807) is 30.3 Å². The van der Waals surface area contributed by atoms with Crippen LogP contribution in [0, 0.1) is 17.1 Å². The van der Waals surface area contributed by atoms with Crippen LogP contribution in [0.15, 0.2) is 52.3 Å². The fourth-order valence-electron chi connectivity index (χ4n) is 1.60. The molecule has 0 saturated heterocycles. The van der Waals surface area contributed by atoms with E-state index in [0.29, 0.717) is 16.0 Å². The molecule has 0 amide bonds. The predicted octanol–water partition coefficient (Wildman–Crippen LogP) is 4.05. The quantitative estimate of drug-likeness (QED) is 0.791. The van der Waals surface area contributed by atoms with Crippen LogP contribution in [0.2, 0.25) is 0 Å². The number of carbonyl (C=O) groups is 1. The Bertz CT molecular complexity index is 659. The van der Waals surface area contributed by atoms with Gasteiger partial charge in [0.1, 0.15) is 5.82 Å². The summed E-state index contributed by atoms with van der Waals surface area (Å²) in [5.74, 6) is -0.365. The molecular formula is C15H10FNOS. The van der Waals surface area contributed by atoms with Crippen molar-refractivity contribution in [1.82, 2.24) is 0 Å². The Morgan fingerprint density at radius 1 is 1.21 bits per heavy atom.